The highest BCUT2D eigenvalue weighted by Crippen LogP contribution is 2.33. The monoisotopic (exact) mass is 301 g/mol. The predicted molar refractivity (Wildman–Crippen MR) is 88.1 cm³/mol. The van der Waals surface area contributed by atoms with Crippen LogP contribution >= 0.6 is 11.8 Å². The van der Waals surface area contributed by atoms with Gasteiger partial charge in [0.2, 0.25) is 5.91 Å². The number of likely N-dealkylation sites (tertiary alicyclic amines) is 1. The van der Waals surface area contributed by atoms with E-state index in [1.807, 2.05) is 18.7 Å². The molecule has 0 aromatic rings. The number of rotatable bonds is 8. The predicted octanol–water partition coefficient (Wildman–Crippen LogP) is 1.84. The molecule has 20 heavy (non-hydrogen) atoms. The third-order valence-electron chi connectivity index (χ3n) is 4.52. The fourth-order valence-corrected chi connectivity index (χ4v) is 3.47. The van der Waals surface area contributed by atoms with E-state index >= 15 is 0 Å². The maximum atomic E-state index is 12.1. The number of carbonyl (C=O) groups is 1. The van der Waals surface area contributed by atoms with Gasteiger partial charge in [0.15, 0.2) is 0 Å². The smallest absolute Gasteiger partial charge is 0.237 e. The van der Waals surface area contributed by atoms with Crippen LogP contribution in [0.2, 0.25) is 0 Å². The summed E-state index contributed by atoms with van der Waals surface area (Å²) in [4.78, 5) is 14.4. The largest absolute Gasteiger partial charge is 0.355 e. The molecule has 1 atom stereocenters. The highest BCUT2D eigenvalue weighted by molar-refractivity contribution is 8.00. The van der Waals surface area contributed by atoms with E-state index in [4.69, 9.17) is 5.73 Å². The van der Waals surface area contributed by atoms with Crippen LogP contribution in [0.25, 0.3) is 0 Å². The van der Waals surface area contributed by atoms with Crippen molar-refractivity contribution >= 4 is 17.7 Å². The Hall–Kier alpha value is -0.260. The van der Waals surface area contributed by atoms with Crippen LogP contribution in [-0.4, -0.2) is 54.0 Å². The molecule has 0 spiro atoms. The van der Waals surface area contributed by atoms with Gasteiger partial charge in [-0.1, -0.05) is 19.8 Å². The summed E-state index contributed by atoms with van der Waals surface area (Å²) in [5.74, 6) is 0.172. The third kappa shape index (κ3) is 4.93. The second kappa shape index (κ2) is 8.90. The molecule has 5 heteroatoms. The zero-order chi connectivity index (χ0) is 15.0. The molecule has 4 nitrogen and oxygen atoms in total. The van der Waals surface area contributed by atoms with Crippen LogP contribution in [0.1, 0.15) is 46.0 Å². The van der Waals surface area contributed by atoms with Gasteiger partial charge in [0.25, 0.3) is 0 Å². The lowest BCUT2D eigenvalue weighted by molar-refractivity contribution is -0.126. The Labute approximate surface area is 128 Å². The summed E-state index contributed by atoms with van der Waals surface area (Å²) < 4.78 is 0.230. The lowest BCUT2D eigenvalue weighted by Crippen LogP contribution is -2.53. The van der Waals surface area contributed by atoms with E-state index in [0.717, 1.165) is 45.4 Å². The number of hydrogen-bond acceptors (Lipinski definition) is 4. The number of hydrogen-bond donors (Lipinski definition) is 2. The van der Waals surface area contributed by atoms with E-state index in [9.17, 15) is 4.79 Å². The van der Waals surface area contributed by atoms with Gasteiger partial charge in [0.05, 0.1) is 6.04 Å². The summed E-state index contributed by atoms with van der Waals surface area (Å²) in [6.45, 7) is 7.68. The molecule has 1 rings (SSSR count). The Morgan fingerprint density at radius 3 is 2.55 bits per heavy atom. The van der Waals surface area contributed by atoms with Crippen molar-refractivity contribution in [2.75, 3.05) is 32.4 Å². The third-order valence-corrected chi connectivity index (χ3v) is 5.96. The van der Waals surface area contributed by atoms with Crippen LogP contribution in [0.4, 0.5) is 0 Å². The van der Waals surface area contributed by atoms with Crippen molar-refractivity contribution in [2.45, 2.75) is 56.7 Å². The van der Waals surface area contributed by atoms with Crippen molar-refractivity contribution in [1.82, 2.24) is 10.2 Å². The first-order valence-corrected chi connectivity index (χ1v) is 9.08. The molecule has 1 amide bonds. The molecule has 1 aliphatic rings. The van der Waals surface area contributed by atoms with E-state index in [1.54, 1.807) is 0 Å². The first-order valence-electron chi connectivity index (χ1n) is 7.85. The molecule has 1 heterocycles. The number of carbonyl (C=O) groups excluding carboxylic acids is 1. The lowest BCUT2D eigenvalue weighted by atomic mass is 9.95. The zero-order valence-corrected chi connectivity index (χ0v) is 14.1. The van der Waals surface area contributed by atoms with Crippen molar-refractivity contribution in [2.24, 2.45) is 5.73 Å². The number of thioether (sulfide) groups is 1. The topological polar surface area (TPSA) is 58.4 Å². The van der Waals surface area contributed by atoms with Crippen molar-refractivity contribution in [3.05, 3.63) is 0 Å². The minimum atomic E-state index is -0.0192. The summed E-state index contributed by atoms with van der Waals surface area (Å²) in [6.07, 6.45) is 7.76. The number of unbranched alkanes of at least 4 members (excludes halogenated alkanes) is 2. The van der Waals surface area contributed by atoms with Crippen LogP contribution < -0.4 is 11.1 Å². The van der Waals surface area contributed by atoms with Gasteiger partial charge in [-0.05, 0) is 32.4 Å². The number of nitrogens with zero attached hydrogens (tertiary/aromatic N) is 1. The van der Waals surface area contributed by atoms with Crippen LogP contribution in [-0.2, 0) is 4.79 Å². The fourth-order valence-electron chi connectivity index (χ4n) is 2.71. The molecule has 1 aliphatic heterocycles. The van der Waals surface area contributed by atoms with Gasteiger partial charge in [0, 0.05) is 30.9 Å². The fraction of sp³-hybridized carbons (Fsp3) is 0.933. The Bertz CT molecular complexity index is 285. The Balaban J connectivity index is 2.34. The van der Waals surface area contributed by atoms with Crippen LogP contribution in [0.5, 0.6) is 0 Å². The number of nitrogens with two attached hydrogens (primary N) is 1. The van der Waals surface area contributed by atoms with Gasteiger partial charge >= 0.3 is 0 Å². The Kier molecular flexibility index (Phi) is 7.92. The molecular weight excluding hydrogens is 270 g/mol. The second-order valence-electron chi connectivity index (χ2n) is 5.80. The molecule has 0 aromatic carbocycles. The first-order chi connectivity index (χ1) is 9.58. The van der Waals surface area contributed by atoms with E-state index in [-0.39, 0.29) is 16.7 Å². The molecule has 1 saturated heterocycles. The first kappa shape index (κ1) is 17.8. The molecule has 3 N–H and O–H groups in total. The van der Waals surface area contributed by atoms with E-state index in [2.05, 4.69) is 23.4 Å². The minimum absolute atomic E-state index is 0.0192. The molecule has 0 bridgehead atoms. The normalized spacial score (nSPS) is 20.6. The maximum absolute atomic E-state index is 12.1. The van der Waals surface area contributed by atoms with Crippen LogP contribution in [0.3, 0.4) is 0 Å². The molecule has 0 saturated carbocycles. The average molecular weight is 302 g/mol. The molecule has 0 radical (unpaired) electrons. The van der Waals surface area contributed by atoms with Gasteiger partial charge in [-0.2, -0.15) is 11.8 Å². The zero-order valence-electron chi connectivity index (χ0n) is 13.3. The molecule has 0 aromatic heterocycles. The maximum Gasteiger partial charge on any atom is 0.237 e. The molecule has 1 unspecified atom stereocenters. The summed E-state index contributed by atoms with van der Waals surface area (Å²) in [5.41, 5.74) is 5.91. The SMILES string of the molecule is CCCCCNC(=O)C(C)N1CCC(CN)(SC)CC1. The van der Waals surface area contributed by atoms with E-state index < -0.39 is 0 Å². The Morgan fingerprint density at radius 2 is 2.05 bits per heavy atom. The molecule has 1 fully saturated rings. The molecule has 118 valence electrons. The summed E-state index contributed by atoms with van der Waals surface area (Å²) in [5, 5.41) is 3.05. The number of piperidine rings is 1. The van der Waals surface area contributed by atoms with E-state index in [0.29, 0.717) is 0 Å². The summed E-state index contributed by atoms with van der Waals surface area (Å²) in [7, 11) is 0. The van der Waals surface area contributed by atoms with Crippen LogP contribution in [0, 0.1) is 0 Å². The Morgan fingerprint density at radius 1 is 1.40 bits per heavy atom. The van der Waals surface area contributed by atoms with E-state index in [1.165, 1.54) is 12.8 Å². The number of nitrogens with one attached hydrogen (secondary N) is 1. The quantitative estimate of drug-likeness (QED) is 0.672. The second-order valence-corrected chi connectivity index (χ2v) is 7.08. The van der Waals surface area contributed by atoms with Gasteiger partial charge in [-0.3, -0.25) is 9.69 Å². The summed E-state index contributed by atoms with van der Waals surface area (Å²) in [6, 6.07) is -0.0192. The minimum Gasteiger partial charge on any atom is -0.355 e. The van der Waals surface area contributed by atoms with Crippen molar-refractivity contribution in [1.29, 1.82) is 0 Å². The van der Waals surface area contributed by atoms with Crippen molar-refractivity contribution in [3.63, 3.8) is 0 Å². The van der Waals surface area contributed by atoms with Crippen molar-refractivity contribution in [3.8, 4) is 0 Å². The van der Waals surface area contributed by atoms with Gasteiger partial charge in [0.1, 0.15) is 0 Å². The standard InChI is InChI=1S/C15H31N3OS/c1-4-5-6-9-17-14(19)13(2)18-10-7-15(12-16,20-3)8-11-18/h13H,4-12,16H2,1-3H3,(H,17,19). The highest BCUT2D eigenvalue weighted by Gasteiger charge is 2.35. The molecular formula is C15H31N3OS. The van der Waals surface area contributed by atoms with Crippen LogP contribution in [0.15, 0.2) is 0 Å². The van der Waals surface area contributed by atoms with Crippen molar-refractivity contribution < 1.29 is 4.79 Å². The summed E-state index contributed by atoms with van der Waals surface area (Å²) >= 11 is 1.88. The average Bonchev–Trinajstić information content (AvgIpc) is 2.50. The molecule has 0 aliphatic carbocycles. The van der Waals surface area contributed by atoms with Gasteiger partial charge in [-0.25, -0.2) is 0 Å². The van der Waals surface area contributed by atoms with Gasteiger partial charge in [-0.15, -0.1) is 0 Å². The lowest BCUT2D eigenvalue weighted by Gasteiger charge is -2.41. The highest BCUT2D eigenvalue weighted by atomic mass is 32.2. The van der Waals surface area contributed by atoms with Gasteiger partial charge < -0.3 is 11.1 Å². The number of amides is 1.